The van der Waals surface area contributed by atoms with Gasteiger partial charge < -0.3 is 0 Å². The average Bonchev–Trinajstić information content (AvgIpc) is 2.22. The molecule has 15 heavy (non-hydrogen) atoms. The number of aryl methyl sites for hydroxylation is 1. The van der Waals surface area contributed by atoms with Crippen LogP contribution in [0.25, 0.3) is 0 Å². The minimum absolute atomic E-state index is 0.0627. The zero-order chi connectivity index (χ0) is 11.4. The number of ketones is 1. The van der Waals surface area contributed by atoms with Gasteiger partial charge in [-0.2, -0.15) is 0 Å². The number of rotatable bonds is 4. The van der Waals surface area contributed by atoms with E-state index in [1.165, 1.54) is 12.1 Å². The van der Waals surface area contributed by atoms with Gasteiger partial charge in [-0.15, -0.1) is 0 Å². The first-order valence-corrected chi connectivity index (χ1v) is 5.32. The Morgan fingerprint density at radius 3 is 2.73 bits per heavy atom. The lowest BCUT2D eigenvalue weighted by molar-refractivity contribution is -0.121. The van der Waals surface area contributed by atoms with E-state index in [0.717, 1.165) is 17.5 Å². The highest BCUT2D eigenvalue weighted by atomic mass is 19.1. The van der Waals surface area contributed by atoms with Crippen molar-refractivity contribution in [1.82, 2.24) is 0 Å². The molecule has 0 saturated carbocycles. The number of carbonyl (C=O) groups excluding carboxylic acids is 1. The molecule has 0 saturated heterocycles. The van der Waals surface area contributed by atoms with Crippen LogP contribution in [-0.4, -0.2) is 5.78 Å². The van der Waals surface area contributed by atoms with Crippen LogP contribution in [0.15, 0.2) is 18.2 Å². The van der Waals surface area contributed by atoms with Gasteiger partial charge in [0, 0.05) is 12.3 Å². The molecule has 0 aliphatic carbocycles. The Morgan fingerprint density at radius 2 is 2.13 bits per heavy atom. The first-order chi connectivity index (χ1) is 7.04. The van der Waals surface area contributed by atoms with Crippen molar-refractivity contribution in [2.24, 2.45) is 5.92 Å². The third-order valence-electron chi connectivity index (χ3n) is 2.84. The molecule has 2 heteroatoms. The van der Waals surface area contributed by atoms with E-state index < -0.39 is 0 Å². The first-order valence-electron chi connectivity index (χ1n) is 5.32. The number of halogens is 1. The summed E-state index contributed by atoms with van der Waals surface area (Å²) >= 11 is 0. The molecule has 0 fully saturated rings. The zero-order valence-corrected chi connectivity index (χ0v) is 9.51. The molecule has 1 rings (SSSR count). The van der Waals surface area contributed by atoms with Crippen LogP contribution in [0.4, 0.5) is 4.39 Å². The van der Waals surface area contributed by atoms with Gasteiger partial charge >= 0.3 is 0 Å². The maximum Gasteiger partial charge on any atom is 0.140 e. The maximum absolute atomic E-state index is 13.0. The third kappa shape index (κ3) is 3.15. The first kappa shape index (κ1) is 11.9. The highest BCUT2D eigenvalue weighted by Crippen LogP contribution is 2.14. The lowest BCUT2D eigenvalue weighted by Gasteiger charge is -2.09. The Morgan fingerprint density at radius 1 is 1.47 bits per heavy atom. The topological polar surface area (TPSA) is 17.1 Å². The number of carbonyl (C=O) groups is 1. The minimum Gasteiger partial charge on any atom is -0.299 e. The summed E-state index contributed by atoms with van der Waals surface area (Å²) in [5.41, 5.74) is 1.79. The quantitative estimate of drug-likeness (QED) is 0.742. The Bertz CT molecular complexity index is 358. The molecule has 0 spiro atoms. The largest absolute Gasteiger partial charge is 0.299 e. The van der Waals surface area contributed by atoms with Crippen LogP contribution in [0.5, 0.6) is 0 Å². The molecule has 0 radical (unpaired) electrons. The fourth-order valence-electron chi connectivity index (χ4n) is 1.42. The lowest BCUT2D eigenvalue weighted by Crippen LogP contribution is -2.13. The summed E-state index contributed by atoms with van der Waals surface area (Å²) in [6.07, 6.45) is 1.19. The number of benzene rings is 1. The SMILES string of the molecule is CCC(C)C(=O)Cc1cc(F)ccc1C. The second kappa shape index (κ2) is 5.06. The van der Waals surface area contributed by atoms with Crippen molar-refractivity contribution in [2.75, 3.05) is 0 Å². The smallest absolute Gasteiger partial charge is 0.140 e. The van der Waals surface area contributed by atoms with Crippen LogP contribution in [0, 0.1) is 18.7 Å². The van der Waals surface area contributed by atoms with E-state index >= 15 is 0 Å². The molecule has 1 nitrogen and oxygen atoms in total. The van der Waals surface area contributed by atoms with Crippen LogP contribution >= 0.6 is 0 Å². The number of Topliss-reactive ketones (excluding diaryl/α,β-unsaturated/α-hetero) is 1. The van der Waals surface area contributed by atoms with Gasteiger partial charge in [0.15, 0.2) is 0 Å². The third-order valence-corrected chi connectivity index (χ3v) is 2.84. The fourth-order valence-corrected chi connectivity index (χ4v) is 1.42. The van der Waals surface area contributed by atoms with Crippen LogP contribution < -0.4 is 0 Å². The number of hydrogen-bond donors (Lipinski definition) is 0. The monoisotopic (exact) mass is 208 g/mol. The van der Waals surface area contributed by atoms with Gasteiger partial charge in [-0.1, -0.05) is 19.9 Å². The van der Waals surface area contributed by atoms with Gasteiger partial charge in [-0.3, -0.25) is 4.79 Å². The maximum atomic E-state index is 13.0. The van der Waals surface area contributed by atoms with E-state index in [0.29, 0.717) is 6.42 Å². The van der Waals surface area contributed by atoms with E-state index in [9.17, 15) is 9.18 Å². The molecule has 0 N–H and O–H groups in total. The second-order valence-electron chi connectivity index (χ2n) is 4.02. The van der Waals surface area contributed by atoms with Crippen LogP contribution in [0.1, 0.15) is 31.4 Å². The highest BCUT2D eigenvalue weighted by molar-refractivity contribution is 5.83. The number of hydrogen-bond acceptors (Lipinski definition) is 1. The predicted molar refractivity (Wildman–Crippen MR) is 59.3 cm³/mol. The molecular weight excluding hydrogens is 191 g/mol. The molecule has 0 amide bonds. The van der Waals surface area contributed by atoms with Crippen molar-refractivity contribution in [2.45, 2.75) is 33.6 Å². The molecule has 0 bridgehead atoms. The van der Waals surface area contributed by atoms with Crippen LogP contribution in [-0.2, 0) is 11.2 Å². The summed E-state index contributed by atoms with van der Waals surface area (Å²) in [6.45, 7) is 5.80. The van der Waals surface area contributed by atoms with Gasteiger partial charge in [0.25, 0.3) is 0 Å². The van der Waals surface area contributed by atoms with Crippen LogP contribution in [0.3, 0.4) is 0 Å². The molecule has 1 aromatic rings. The Balaban J connectivity index is 2.80. The van der Waals surface area contributed by atoms with Crippen molar-refractivity contribution in [3.63, 3.8) is 0 Å². The summed E-state index contributed by atoms with van der Waals surface area (Å²) in [5.74, 6) is -0.0218. The van der Waals surface area contributed by atoms with Gasteiger partial charge in [0.05, 0.1) is 0 Å². The summed E-state index contributed by atoms with van der Waals surface area (Å²) < 4.78 is 13.0. The van der Waals surface area contributed by atoms with Crippen molar-refractivity contribution >= 4 is 5.78 Å². The Labute approximate surface area is 90.3 Å². The lowest BCUT2D eigenvalue weighted by atomic mass is 9.95. The van der Waals surface area contributed by atoms with E-state index in [2.05, 4.69) is 0 Å². The van der Waals surface area contributed by atoms with Crippen molar-refractivity contribution < 1.29 is 9.18 Å². The predicted octanol–water partition coefficient (Wildman–Crippen LogP) is 3.29. The fraction of sp³-hybridized carbons (Fsp3) is 0.462. The Hall–Kier alpha value is -1.18. The molecule has 0 aliphatic heterocycles. The van der Waals surface area contributed by atoms with E-state index in [1.54, 1.807) is 6.07 Å². The average molecular weight is 208 g/mol. The molecule has 0 aromatic heterocycles. The van der Waals surface area contributed by atoms with E-state index in [4.69, 9.17) is 0 Å². The van der Waals surface area contributed by atoms with E-state index in [1.807, 2.05) is 20.8 Å². The summed E-state index contributed by atoms with van der Waals surface area (Å²) in [5, 5.41) is 0. The summed E-state index contributed by atoms with van der Waals surface area (Å²) in [7, 11) is 0. The zero-order valence-electron chi connectivity index (χ0n) is 9.51. The van der Waals surface area contributed by atoms with Crippen molar-refractivity contribution in [1.29, 1.82) is 0 Å². The molecule has 0 heterocycles. The summed E-state index contributed by atoms with van der Waals surface area (Å²) in [6, 6.07) is 4.59. The summed E-state index contributed by atoms with van der Waals surface area (Å²) in [4.78, 5) is 11.7. The van der Waals surface area contributed by atoms with Crippen molar-refractivity contribution in [3.05, 3.63) is 35.1 Å². The van der Waals surface area contributed by atoms with Gasteiger partial charge in [-0.05, 0) is 36.6 Å². The molecule has 1 atom stereocenters. The van der Waals surface area contributed by atoms with Gasteiger partial charge in [-0.25, -0.2) is 4.39 Å². The van der Waals surface area contributed by atoms with Gasteiger partial charge in [0.2, 0.25) is 0 Å². The van der Waals surface area contributed by atoms with Crippen LogP contribution in [0.2, 0.25) is 0 Å². The highest BCUT2D eigenvalue weighted by Gasteiger charge is 2.12. The normalized spacial score (nSPS) is 12.5. The molecule has 1 unspecified atom stereocenters. The molecule has 82 valence electrons. The standard InChI is InChI=1S/C13H17FO/c1-4-9(2)13(15)8-11-7-12(14)6-5-10(11)3/h5-7,9H,4,8H2,1-3H3. The van der Waals surface area contributed by atoms with Gasteiger partial charge in [0.1, 0.15) is 11.6 Å². The molecule has 0 aliphatic rings. The van der Waals surface area contributed by atoms with E-state index in [-0.39, 0.29) is 17.5 Å². The second-order valence-corrected chi connectivity index (χ2v) is 4.02. The van der Waals surface area contributed by atoms with Crippen molar-refractivity contribution in [3.8, 4) is 0 Å². The molecular formula is C13H17FO. The molecule has 1 aromatic carbocycles. The Kier molecular flexibility index (Phi) is 4.01. The minimum atomic E-state index is -0.271.